The highest BCUT2D eigenvalue weighted by Gasteiger charge is 2.26. The summed E-state index contributed by atoms with van der Waals surface area (Å²) in [4.78, 5) is 9.49. The van der Waals surface area contributed by atoms with E-state index < -0.39 is 0 Å². The maximum atomic E-state index is 5.93. The first-order valence-electron chi connectivity index (χ1n) is 10.6. The predicted octanol–water partition coefficient (Wildman–Crippen LogP) is 3.72. The smallest absolute Gasteiger partial charge is 0.217 e. The quantitative estimate of drug-likeness (QED) is 0.635. The summed E-state index contributed by atoms with van der Waals surface area (Å²) in [5.74, 6) is 1.32. The molecule has 0 aromatic heterocycles. The Labute approximate surface area is 177 Å². The highest BCUT2D eigenvalue weighted by molar-refractivity contribution is 6.07. The molecular weight excluding hydrogens is 380 g/mol. The van der Waals surface area contributed by atoms with E-state index in [-0.39, 0.29) is 12.1 Å². The molecule has 2 aliphatic rings. The Morgan fingerprint density at radius 1 is 0.700 bits per heavy atom. The van der Waals surface area contributed by atoms with Gasteiger partial charge in [0.15, 0.2) is 0 Å². The van der Waals surface area contributed by atoms with Crippen molar-refractivity contribution in [2.45, 2.75) is 25.9 Å². The molecule has 0 saturated carbocycles. The van der Waals surface area contributed by atoms with Crippen LogP contribution in [-0.4, -0.2) is 63.5 Å². The maximum absolute atomic E-state index is 5.93. The summed E-state index contributed by atoms with van der Waals surface area (Å²) in [6.07, 6.45) is 0. The molecular formula is C24H28N2O4. The Kier molecular flexibility index (Phi) is 6.77. The third-order valence-corrected chi connectivity index (χ3v) is 5.06. The molecule has 2 aromatic carbocycles. The van der Waals surface area contributed by atoms with Crippen LogP contribution in [0.2, 0.25) is 0 Å². The highest BCUT2D eigenvalue weighted by Crippen LogP contribution is 2.31. The molecule has 0 N–H and O–H groups in total. The zero-order valence-electron chi connectivity index (χ0n) is 17.5. The van der Waals surface area contributed by atoms with Gasteiger partial charge in [-0.05, 0) is 37.1 Å². The molecule has 0 saturated heterocycles. The second kappa shape index (κ2) is 9.87. The van der Waals surface area contributed by atoms with Crippen molar-refractivity contribution in [3.8, 4) is 11.1 Å². The van der Waals surface area contributed by atoms with E-state index in [4.69, 9.17) is 28.9 Å². The largest absolute Gasteiger partial charge is 0.475 e. The fraction of sp³-hybridized carbons (Fsp3) is 0.417. The highest BCUT2D eigenvalue weighted by atomic mass is 16.5. The summed E-state index contributed by atoms with van der Waals surface area (Å²) in [5, 5.41) is 0. The van der Waals surface area contributed by atoms with Crippen LogP contribution in [0.4, 0.5) is 0 Å². The molecule has 4 rings (SSSR count). The zero-order valence-corrected chi connectivity index (χ0v) is 17.5. The normalized spacial score (nSPS) is 20.5. The lowest BCUT2D eigenvalue weighted by atomic mass is 9.95. The first kappa shape index (κ1) is 20.6. The van der Waals surface area contributed by atoms with Crippen LogP contribution in [0.5, 0.6) is 0 Å². The minimum Gasteiger partial charge on any atom is -0.475 e. The van der Waals surface area contributed by atoms with Crippen LogP contribution < -0.4 is 0 Å². The van der Waals surface area contributed by atoms with Gasteiger partial charge in [0.05, 0.1) is 13.2 Å². The first-order valence-corrected chi connectivity index (χ1v) is 10.6. The summed E-state index contributed by atoms with van der Waals surface area (Å²) in [7, 11) is 0. The molecule has 6 nitrogen and oxygen atoms in total. The third-order valence-electron chi connectivity index (χ3n) is 5.06. The van der Waals surface area contributed by atoms with Crippen molar-refractivity contribution in [1.82, 2.24) is 0 Å². The van der Waals surface area contributed by atoms with Crippen LogP contribution in [0.1, 0.15) is 25.0 Å². The zero-order chi connectivity index (χ0) is 20.8. The van der Waals surface area contributed by atoms with Crippen molar-refractivity contribution in [2.24, 2.45) is 9.98 Å². The lowest BCUT2D eigenvalue weighted by Crippen LogP contribution is -2.14. The van der Waals surface area contributed by atoms with E-state index in [0.717, 1.165) is 22.3 Å². The molecule has 2 atom stereocenters. The maximum Gasteiger partial charge on any atom is 0.217 e. The molecule has 0 radical (unpaired) electrons. The topological polar surface area (TPSA) is 61.6 Å². The monoisotopic (exact) mass is 408 g/mol. The summed E-state index contributed by atoms with van der Waals surface area (Å²) in [5.41, 5.74) is 4.02. The average molecular weight is 408 g/mol. The summed E-state index contributed by atoms with van der Waals surface area (Å²) in [6.45, 7) is 7.56. The van der Waals surface area contributed by atoms with E-state index in [1.54, 1.807) is 0 Å². The number of aliphatic imine (C=N–C) groups is 2. The molecule has 30 heavy (non-hydrogen) atoms. The molecule has 2 unspecified atom stereocenters. The fourth-order valence-electron chi connectivity index (χ4n) is 3.61. The number of benzene rings is 2. The fourth-order valence-corrected chi connectivity index (χ4v) is 3.61. The van der Waals surface area contributed by atoms with Gasteiger partial charge < -0.3 is 18.9 Å². The molecule has 2 heterocycles. The lowest BCUT2D eigenvalue weighted by Gasteiger charge is -2.13. The van der Waals surface area contributed by atoms with E-state index in [1.807, 2.05) is 50.2 Å². The van der Waals surface area contributed by atoms with Crippen LogP contribution in [-0.2, 0) is 18.9 Å². The molecule has 0 bridgehead atoms. The second-order valence-corrected chi connectivity index (χ2v) is 7.21. The summed E-state index contributed by atoms with van der Waals surface area (Å²) >= 11 is 0. The van der Waals surface area contributed by atoms with E-state index in [1.165, 1.54) is 0 Å². The van der Waals surface area contributed by atoms with Gasteiger partial charge in [0.1, 0.15) is 25.3 Å². The van der Waals surface area contributed by atoms with Gasteiger partial charge in [-0.1, -0.05) is 36.4 Å². The number of hydrogen-bond acceptors (Lipinski definition) is 6. The van der Waals surface area contributed by atoms with Crippen molar-refractivity contribution in [2.75, 3.05) is 39.6 Å². The predicted molar refractivity (Wildman–Crippen MR) is 117 cm³/mol. The van der Waals surface area contributed by atoms with Crippen molar-refractivity contribution in [3.63, 3.8) is 0 Å². The Bertz CT molecular complexity index is 849. The molecule has 2 aliphatic heterocycles. The third kappa shape index (κ3) is 4.55. The second-order valence-electron chi connectivity index (χ2n) is 7.21. The lowest BCUT2D eigenvalue weighted by molar-refractivity contribution is 0.124. The van der Waals surface area contributed by atoms with Crippen LogP contribution in [0.3, 0.4) is 0 Å². The van der Waals surface area contributed by atoms with Gasteiger partial charge in [0.25, 0.3) is 0 Å². The molecule has 0 fully saturated rings. The van der Waals surface area contributed by atoms with Crippen molar-refractivity contribution < 1.29 is 18.9 Å². The van der Waals surface area contributed by atoms with E-state index in [9.17, 15) is 0 Å². The van der Waals surface area contributed by atoms with Gasteiger partial charge in [-0.15, -0.1) is 0 Å². The Morgan fingerprint density at radius 3 is 1.50 bits per heavy atom. The van der Waals surface area contributed by atoms with E-state index in [2.05, 4.69) is 12.1 Å². The van der Waals surface area contributed by atoms with Crippen LogP contribution in [0, 0.1) is 0 Å². The van der Waals surface area contributed by atoms with E-state index in [0.29, 0.717) is 51.4 Å². The molecule has 158 valence electrons. The van der Waals surface area contributed by atoms with Gasteiger partial charge in [-0.2, -0.15) is 0 Å². The van der Waals surface area contributed by atoms with Gasteiger partial charge in [-0.3, -0.25) is 0 Å². The molecule has 0 amide bonds. The van der Waals surface area contributed by atoms with Gasteiger partial charge in [0, 0.05) is 24.3 Å². The van der Waals surface area contributed by atoms with Gasteiger partial charge in [0.2, 0.25) is 11.8 Å². The van der Waals surface area contributed by atoms with Crippen LogP contribution in [0.25, 0.3) is 11.1 Å². The molecule has 2 aromatic rings. The van der Waals surface area contributed by atoms with Crippen LogP contribution in [0.15, 0.2) is 58.5 Å². The number of rotatable bonds is 9. The average Bonchev–Trinajstić information content (AvgIpc) is 3.46. The minimum atomic E-state index is 0.0325. The molecule has 6 heteroatoms. The Balaban J connectivity index is 1.65. The molecule has 0 aliphatic carbocycles. The number of ether oxygens (including phenoxy) is 4. The Morgan fingerprint density at radius 2 is 1.10 bits per heavy atom. The first-order chi connectivity index (χ1) is 14.8. The summed E-state index contributed by atoms with van der Waals surface area (Å²) < 4.78 is 22.9. The minimum absolute atomic E-state index is 0.0325. The van der Waals surface area contributed by atoms with Gasteiger partial charge >= 0.3 is 0 Å². The van der Waals surface area contributed by atoms with Crippen molar-refractivity contribution >= 4 is 11.8 Å². The van der Waals surface area contributed by atoms with Crippen molar-refractivity contribution in [3.05, 3.63) is 59.7 Å². The standard InChI is InChI=1S/C24H28N2O4/c1-3-27-13-17-15-29-23(25-17)21-11-7-5-9-19(21)20-10-6-8-12-22(20)24-26-18(16-30-24)14-28-4-2/h5-12,17-18H,3-4,13-16H2,1-2H3. The van der Waals surface area contributed by atoms with E-state index >= 15 is 0 Å². The van der Waals surface area contributed by atoms with Gasteiger partial charge in [-0.25, -0.2) is 9.98 Å². The van der Waals surface area contributed by atoms with Crippen LogP contribution >= 0.6 is 0 Å². The van der Waals surface area contributed by atoms with Crippen molar-refractivity contribution in [1.29, 1.82) is 0 Å². The number of hydrogen-bond donors (Lipinski definition) is 0. The Hall–Kier alpha value is -2.70. The SMILES string of the molecule is CCOCC1COC(c2ccccc2-c2ccccc2C2=NC(COCC)CO2)=N1. The molecule has 0 spiro atoms. The number of nitrogens with zero attached hydrogens (tertiary/aromatic N) is 2. The summed E-state index contributed by atoms with van der Waals surface area (Å²) in [6, 6.07) is 16.4.